The number of rotatable bonds is 3. The number of allylic oxidation sites excluding steroid dienone is 3. The van der Waals surface area contributed by atoms with Gasteiger partial charge < -0.3 is 0 Å². The molecule has 0 N–H and O–H groups in total. The van der Waals surface area contributed by atoms with Crippen molar-refractivity contribution in [2.24, 2.45) is 0 Å². The maximum atomic E-state index is 4.19. The van der Waals surface area contributed by atoms with Crippen molar-refractivity contribution >= 4 is 5.57 Å². The van der Waals surface area contributed by atoms with Gasteiger partial charge in [0.15, 0.2) is 0 Å². The van der Waals surface area contributed by atoms with E-state index in [1.807, 2.05) is 13.0 Å². The third kappa shape index (κ3) is 2.45. The first-order valence-electron chi connectivity index (χ1n) is 9.20. The summed E-state index contributed by atoms with van der Waals surface area (Å²) in [4.78, 5) is 0. The van der Waals surface area contributed by atoms with Gasteiger partial charge in [0.2, 0.25) is 0 Å². The van der Waals surface area contributed by atoms with E-state index in [1.54, 1.807) is 0 Å². The van der Waals surface area contributed by atoms with E-state index in [1.165, 1.54) is 38.9 Å². The van der Waals surface area contributed by atoms with Crippen molar-refractivity contribution < 1.29 is 0 Å². The fourth-order valence-corrected chi connectivity index (χ4v) is 4.18. The summed E-state index contributed by atoms with van der Waals surface area (Å²) >= 11 is 0. The van der Waals surface area contributed by atoms with Crippen LogP contribution in [0.3, 0.4) is 0 Å². The summed E-state index contributed by atoms with van der Waals surface area (Å²) in [7, 11) is 0. The van der Waals surface area contributed by atoms with E-state index >= 15 is 0 Å². The maximum Gasteiger partial charge on any atom is 0.0159 e. The summed E-state index contributed by atoms with van der Waals surface area (Å²) in [5.74, 6) is 0. The molecule has 4 rings (SSSR count). The van der Waals surface area contributed by atoms with Crippen LogP contribution in [-0.4, -0.2) is 0 Å². The fourth-order valence-electron chi connectivity index (χ4n) is 4.18. The van der Waals surface area contributed by atoms with Crippen molar-refractivity contribution in [2.45, 2.75) is 26.2 Å². The lowest BCUT2D eigenvalue weighted by atomic mass is 9.82. The maximum absolute atomic E-state index is 4.19. The van der Waals surface area contributed by atoms with Crippen LogP contribution < -0.4 is 0 Å². The smallest absolute Gasteiger partial charge is 0.0159 e. The molecule has 0 fully saturated rings. The molecule has 0 nitrogen and oxygen atoms in total. The number of benzene rings is 3. The predicted octanol–water partition coefficient (Wildman–Crippen LogP) is 7.25. The SMILES string of the molecule is C=C(/C=C\C)c1cccc(-c2cccc3c2-c2ccccc2C3(C)C)c1. The molecule has 3 aromatic carbocycles. The lowest BCUT2D eigenvalue weighted by Crippen LogP contribution is -2.14. The molecule has 1 aliphatic rings. The zero-order chi connectivity index (χ0) is 18.3. The van der Waals surface area contributed by atoms with E-state index in [2.05, 4.69) is 93.2 Å². The van der Waals surface area contributed by atoms with E-state index in [-0.39, 0.29) is 5.41 Å². The van der Waals surface area contributed by atoms with Crippen LogP contribution in [0.1, 0.15) is 37.5 Å². The van der Waals surface area contributed by atoms with E-state index in [9.17, 15) is 0 Å². The summed E-state index contributed by atoms with van der Waals surface area (Å²) in [6.45, 7) is 10.9. The first-order valence-corrected chi connectivity index (χ1v) is 9.20. The predicted molar refractivity (Wildman–Crippen MR) is 113 cm³/mol. The van der Waals surface area contributed by atoms with Gasteiger partial charge in [-0.3, -0.25) is 0 Å². The minimum absolute atomic E-state index is 0.0358. The second kappa shape index (κ2) is 6.14. The Bertz CT molecular complexity index is 1030. The van der Waals surface area contributed by atoms with Crippen molar-refractivity contribution in [3.8, 4) is 22.3 Å². The Hall–Kier alpha value is -2.86. The van der Waals surface area contributed by atoms with Gasteiger partial charge in [-0.05, 0) is 57.5 Å². The van der Waals surface area contributed by atoms with Crippen molar-refractivity contribution in [3.05, 3.63) is 102 Å². The molecule has 26 heavy (non-hydrogen) atoms. The van der Waals surface area contributed by atoms with Crippen LogP contribution in [0.5, 0.6) is 0 Å². The van der Waals surface area contributed by atoms with Crippen LogP contribution >= 0.6 is 0 Å². The highest BCUT2D eigenvalue weighted by Gasteiger charge is 2.36. The minimum atomic E-state index is 0.0358. The molecule has 0 heteroatoms. The van der Waals surface area contributed by atoms with E-state index in [4.69, 9.17) is 0 Å². The molecule has 0 aromatic heterocycles. The quantitative estimate of drug-likeness (QED) is 0.442. The van der Waals surface area contributed by atoms with Gasteiger partial charge in [0, 0.05) is 5.41 Å². The van der Waals surface area contributed by atoms with E-state index in [0.717, 1.165) is 5.57 Å². The average molecular weight is 336 g/mol. The van der Waals surface area contributed by atoms with E-state index < -0.39 is 0 Å². The van der Waals surface area contributed by atoms with Gasteiger partial charge in [-0.2, -0.15) is 0 Å². The molecule has 0 aliphatic heterocycles. The zero-order valence-corrected chi connectivity index (χ0v) is 15.7. The molecule has 1 aliphatic carbocycles. The van der Waals surface area contributed by atoms with Crippen molar-refractivity contribution in [2.75, 3.05) is 0 Å². The first kappa shape index (κ1) is 16.6. The summed E-state index contributed by atoms with van der Waals surface area (Å²) in [5, 5.41) is 0. The highest BCUT2D eigenvalue weighted by atomic mass is 14.4. The summed E-state index contributed by atoms with van der Waals surface area (Å²) < 4.78 is 0. The largest absolute Gasteiger partial charge is 0.0912 e. The molecule has 128 valence electrons. The molecular formula is C26H24. The lowest BCUT2D eigenvalue weighted by Gasteiger charge is -2.21. The van der Waals surface area contributed by atoms with Crippen molar-refractivity contribution in [1.82, 2.24) is 0 Å². The van der Waals surface area contributed by atoms with Crippen LogP contribution in [0.25, 0.3) is 27.8 Å². The highest BCUT2D eigenvalue weighted by molar-refractivity contribution is 5.93. The Morgan fingerprint density at radius 1 is 0.846 bits per heavy atom. The number of hydrogen-bond acceptors (Lipinski definition) is 0. The lowest BCUT2D eigenvalue weighted by molar-refractivity contribution is 0.660. The van der Waals surface area contributed by atoms with Gasteiger partial charge >= 0.3 is 0 Å². The Labute approximate surface area is 156 Å². The van der Waals surface area contributed by atoms with Gasteiger partial charge in [-0.15, -0.1) is 0 Å². The molecular weight excluding hydrogens is 312 g/mol. The number of hydrogen-bond donors (Lipinski definition) is 0. The Morgan fingerprint density at radius 2 is 1.54 bits per heavy atom. The van der Waals surface area contributed by atoms with Gasteiger partial charge in [0.25, 0.3) is 0 Å². The monoisotopic (exact) mass is 336 g/mol. The topological polar surface area (TPSA) is 0 Å². The molecule has 0 radical (unpaired) electrons. The molecule has 0 bridgehead atoms. The average Bonchev–Trinajstić information content (AvgIpc) is 2.90. The van der Waals surface area contributed by atoms with E-state index in [0.29, 0.717) is 0 Å². The van der Waals surface area contributed by atoms with Crippen LogP contribution in [0.4, 0.5) is 0 Å². The van der Waals surface area contributed by atoms with Gasteiger partial charge in [-0.25, -0.2) is 0 Å². The molecule has 3 aromatic rings. The molecule has 0 spiro atoms. The normalized spacial score (nSPS) is 14.3. The minimum Gasteiger partial charge on any atom is -0.0912 e. The molecule has 0 saturated carbocycles. The molecule has 0 heterocycles. The summed E-state index contributed by atoms with van der Waals surface area (Å²) in [6, 6.07) is 24.3. The fraction of sp³-hybridized carbons (Fsp3) is 0.154. The Balaban J connectivity index is 1.94. The van der Waals surface area contributed by atoms with Gasteiger partial charge in [0.05, 0.1) is 0 Å². The molecule has 0 amide bonds. The second-order valence-corrected chi connectivity index (χ2v) is 7.50. The summed E-state index contributed by atoms with van der Waals surface area (Å²) in [5.41, 5.74) is 10.4. The highest BCUT2D eigenvalue weighted by Crippen LogP contribution is 2.51. The Morgan fingerprint density at radius 3 is 2.35 bits per heavy atom. The van der Waals surface area contributed by atoms with Crippen molar-refractivity contribution in [3.63, 3.8) is 0 Å². The molecule has 0 unspecified atom stereocenters. The Kier molecular flexibility index (Phi) is 3.92. The van der Waals surface area contributed by atoms with Crippen LogP contribution in [0.15, 0.2) is 85.5 Å². The summed E-state index contributed by atoms with van der Waals surface area (Å²) in [6.07, 6.45) is 4.10. The second-order valence-electron chi connectivity index (χ2n) is 7.50. The van der Waals surface area contributed by atoms with Crippen LogP contribution in [-0.2, 0) is 5.41 Å². The molecule has 0 atom stereocenters. The van der Waals surface area contributed by atoms with Crippen molar-refractivity contribution in [1.29, 1.82) is 0 Å². The van der Waals surface area contributed by atoms with Crippen LogP contribution in [0, 0.1) is 0 Å². The van der Waals surface area contributed by atoms with Gasteiger partial charge in [0.1, 0.15) is 0 Å². The third-order valence-electron chi connectivity index (χ3n) is 5.52. The standard InChI is InChI=1S/C26H24/c1-5-10-18(2)19-11-8-12-20(17-19)21-14-9-16-24-25(21)22-13-6-7-15-23(22)26(24,3)4/h5-17H,2H2,1,3-4H3/b10-5-. The first-order chi connectivity index (χ1) is 12.5. The third-order valence-corrected chi connectivity index (χ3v) is 5.52. The van der Waals surface area contributed by atoms with Crippen LogP contribution in [0.2, 0.25) is 0 Å². The zero-order valence-electron chi connectivity index (χ0n) is 15.7. The molecule has 0 saturated heterocycles. The number of fused-ring (bicyclic) bond motifs is 3. The van der Waals surface area contributed by atoms with Gasteiger partial charge in [-0.1, -0.05) is 93.2 Å².